The number of esters is 1. The summed E-state index contributed by atoms with van der Waals surface area (Å²) in [4.78, 5) is 53.4. The Hall–Kier alpha value is -4.57. The molecule has 1 fully saturated rings. The van der Waals surface area contributed by atoms with Crippen molar-refractivity contribution >= 4 is 40.2 Å². The summed E-state index contributed by atoms with van der Waals surface area (Å²) in [5, 5.41) is 0.532. The van der Waals surface area contributed by atoms with Crippen LogP contribution in [-0.2, 0) is 16.1 Å². The van der Waals surface area contributed by atoms with Crippen LogP contribution in [0.3, 0.4) is 0 Å². The van der Waals surface area contributed by atoms with Crippen LogP contribution in [-0.4, -0.2) is 57.0 Å². The van der Waals surface area contributed by atoms with E-state index in [9.17, 15) is 14.4 Å². The van der Waals surface area contributed by atoms with Gasteiger partial charge >= 0.3 is 11.7 Å². The number of anilines is 1. The minimum absolute atomic E-state index is 0.0248. The Balaban J connectivity index is 1.75. The van der Waals surface area contributed by atoms with Crippen molar-refractivity contribution in [1.29, 1.82) is 0 Å². The number of carbonyl (C=O) groups is 2. The van der Waals surface area contributed by atoms with Crippen molar-refractivity contribution in [2.24, 2.45) is 0 Å². The number of cyclic esters (lactones) is 1. The summed E-state index contributed by atoms with van der Waals surface area (Å²) in [6.45, 7) is 12.2. The zero-order valence-corrected chi connectivity index (χ0v) is 25.6. The van der Waals surface area contributed by atoms with Crippen LogP contribution in [0, 0.1) is 12.7 Å². The highest BCUT2D eigenvalue weighted by Crippen LogP contribution is 2.44. The van der Waals surface area contributed by atoms with E-state index in [0.29, 0.717) is 47.8 Å². The second-order valence-corrected chi connectivity index (χ2v) is 11.9. The first-order valence-corrected chi connectivity index (χ1v) is 14.8. The first-order valence-electron chi connectivity index (χ1n) is 14.4. The number of rotatable bonds is 4. The summed E-state index contributed by atoms with van der Waals surface area (Å²) >= 11 is 6.96. The lowest BCUT2D eigenvalue weighted by Gasteiger charge is -2.40. The molecule has 0 bridgehead atoms. The van der Waals surface area contributed by atoms with Gasteiger partial charge in [-0.3, -0.25) is 14.3 Å². The van der Waals surface area contributed by atoms with E-state index >= 15 is 4.39 Å². The van der Waals surface area contributed by atoms with Crippen LogP contribution in [0.15, 0.2) is 54.0 Å². The maximum absolute atomic E-state index is 15.6. The Morgan fingerprint density at radius 3 is 2.66 bits per heavy atom. The molecule has 0 saturated carbocycles. The second kappa shape index (κ2) is 11.2. The molecule has 6 rings (SSSR count). The van der Waals surface area contributed by atoms with Crippen molar-refractivity contribution in [1.82, 2.24) is 19.4 Å². The highest BCUT2D eigenvalue weighted by atomic mass is 35.5. The van der Waals surface area contributed by atoms with Crippen LogP contribution < -0.4 is 10.6 Å². The molecule has 0 N–H and O–H groups in total. The smallest absolute Gasteiger partial charge is 0.354 e. The van der Waals surface area contributed by atoms with Crippen LogP contribution in [0.5, 0.6) is 0 Å². The fourth-order valence-electron chi connectivity index (χ4n) is 6.28. The largest absolute Gasteiger partial charge is 0.457 e. The molecule has 2 aromatic heterocycles. The fourth-order valence-corrected chi connectivity index (χ4v) is 6.58. The molecule has 4 aromatic rings. The molecular weight excluding hydrogens is 585 g/mol. The maximum Gasteiger partial charge on any atom is 0.354 e. The van der Waals surface area contributed by atoms with Gasteiger partial charge in [-0.15, -0.1) is 0 Å². The van der Waals surface area contributed by atoms with E-state index in [4.69, 9.17) is 16.3 Å². The Labute approximate surface area is 258 Å². The lowest BCUT2D eigenvalue weighted by molar-refractivity contribution is -0.126. The van der Waals surface area contributed by atoms with Crippen LogP contribution in [0.1, 0.15) is 53.9 Å². The number of pyridine rings is 1. The van der Waals surface area contributed by atoms with Crippen molar-refractivity contribution in [3.8, 4) is 16.8 Å². The number of piperazine rings is 1. The number of halogens is 2. The maximum atomic E-state index is 15.6. The molecule has 1 saturated heterocycles. The van der Waals surface area contributed by atoms with E-state index in [1.165, 1.54) is 16.7 Å². The molecule has 44 heavy (non-hydrogen) atoms. The van der Waals surface area contributed by atoms with Gasteiger partial charge in [0.1, 0.15) is 18.2 Å². The minimum Gasteiger partial charge on any atom is -0.457 e. The summed E-state index contributed by atoms with van der Waals surface area (Å²) in [7, 11) is 0. The molecular formula is C33H31ClFN5O4. The summed E-state index contributed by atoms with van der Waals surface area (Å²) < 4.78 is 22.6. The normalized spacial score (nSPS) is 16.4. The highest BCUT2D eigenvalue weighted by molar-refractivity contribution is 6.36. The summed E-state index contributed by atoms with van der Waals surface area (Å²) in [6, 6.07) is 7.71. The average Bonchev–Trinajstić information content (AvgIpc) is 3.14. The first kappa shape index (κ1) is 29.5. The zero-order valence-electron chi connectivity index (χ0n) is 24.9. The van der Waals surface area contributed by atoms with Gasteiger partial charge in [0, 0.05) is 53.9 Å². The third-order valence-corrected chi connectivity index (χ3v) is 8.63. The Bertz CT molecular complexity index is 1940. The number of carbonyl (C=O) groups excluding carboxylic acids is 2. The SMILES string of the molecule is C=CC(=O)N1CCN(c2nc(=O)n(-c3c(C)ccnc3C(C)C)c3c4c(c(Cl)cc23)-c2c(F)cccc2COC4=O)[C@@H](C)C1. The Morgan fingerprint density at radius 1 is 1.18 bits per heavy atom. The van der Waals surface area contributed by atoms with Gasteiger partial charge in [-0.2, -0.15) is 4.98 Å². The van der Waals surface area contributed by atoms with Gasteiger partial charge in [0.15, 0.2) is 0 Å². The van der Waals surface area contributed by atoms with E-state index in [0.717, 1.165) is 5.56 Å². The molecule has 0 aliphatic carbocycles. The van der Waals surface area contributed by atoms with Gasteiger partial charge in [-0.25, -0.2) is 14.0 Å². The molecule has 0 spiro atoms. The van der Waals surface area contributed by atoms with Crippen molar-refractivity contribution in [3.05, 3.63) is 92.9 Å². The number of ether oxygens (including phenoxy) is 1. The zero-order chi connectivity index (χ0) is 31.4. The second-order valence-electron chi connectivity index (χ2n) is 11.5. The standard InChI is InChI=1S/C33H31ClFN5O4/c1-6-24(41)38-12-13-39(19(5)15-38)31-21-14-22(34)26-25-20(8-7-9-23(25)35)16-44-32(42)27(26)30(21)40(33(43)37-31)29-18(4)10-11-36-28(29)17(2)3/h6-11,14,17,19H,1,12-13,15-16H2,2-5H3/t19-/m0/s1. The molecule has 11 heteroatoms. The average molecular weight is 616 g/mol. The number of fused-ring (bicyclic) bond motifs is 5. The van der Waals surface area contributed by atoms with E-state index in [2.05, 4.69) is 16.5 Å². The molecule has 2 aliphatic rings. The molecule has 4 heterocycles. The number of aryl methyl sites for hydroxylation is 1. The fraction of sp³-hybridized carbons (Fsp3) is 0.303. The summed E-state index contributed by atoms with van der Waals surface area (Å²) in [5.41, 5.74) is 2.15. The predicted molar refractivity (Wildman–Crippen MR) is 167 cm³/mol. The molecule has 1 atom stereocenters. The lowest BCUT2D eigenvalue weighted by atomic mass is 9.93. The van der Waals surface area contributed by atoms with Crippen molar-refractivity contribution in [3.63, 3.8) is 0 Å². The number of hydrogen-bond acceptors (Lipinski definition) is 7. The number of nitrogens with zero attached hydrogens (tertiary/aromatic N) is 5. The van der Waals surface area contributed by atoms with Gasteiger partial charge in [0.05, 0.1) is 27.5 Å². The number of aromatic nitrogens is 3. The predicted octanol–water partition coefficient (Wildman–Crippen LogP) is 5.57. The number of amides is 1. The summed E-state index contributed by atoms with van der Waals surface area (Å²) in [6.07, 6.45) is 2.95. The quantitative estimate of drug-likeness (QED) is 0.219. The Morgan fingerprint density at radius 2 is 1.95 bits per heavy atom. The monoisotopic (exact) mass is 615 g/mol. The molecule has 226 valence electrons. The van der Waals surface area contributed by atoms with Gasteiger partial charge in [-0.05, 0) is 49.6 Å². The van der Waals surface area contributed by atoms with Crippen molar-refractivity contribution < 1.29 is 18.7 Å². The third kappa shape index (κ3) is 4.64. The van der Waals surface area contributed by atoms with E-state index in [1.54, 1.807) is 35.4 Å². The van der Waals surface area contributed by atoms with E-state index < -0.39 is 17.5 Å². The van der Waals surface area contributed by atoms with Gasteiger partial charge < -0.3 is 14.5 Å². The lowest BCUT2D eigenvalue weighted by Crippen LogP contribution is -2.54. The number of benzene rings is 2. The van der Waals surface area contributed by atoms with Crippen LogP contribution in [0.2, 0.25) is 5.02 Å². The molecule has 2 aromatic carbocycles. The topological polar surface area (TPSA) is 97.6 Å². The van der Waals surface area contributed by atoms with Crippen molar-refractivity contribution in [2.75, 3.05) is 24.5 Å². The van der Waals surface area contributed by atoms with Crippen LogP contribution >= 0.6 is 11.6 Å². The van der Waals surface area contributed by atoms with E-state index in [-0.39, 0.29) is 51.7 Å². The van der Waals surface area contributed by atoms with Gasteiger partial charge in [-0.1, -0.05) is 44.2 Å². The van der Waals surface area contributed by atoms with Crippen molar-refractivity contribution in [2.45, 2.75) is 46.3 Å². The van der Waals surface area contributed by atoms with E-state index in [1.807, 2.05) is 32.6 Å². The van der Waals surface area contributed by atoms with Gasteiger partial charge in [0.25, 0.3) is 0 Å². The summed E-state index contributed by atoms with van der Waals surface area (Å²) in [5.74, 6) is -1.27. The highest BCUT2D eigenvalue weighted by Gasteiger charge is 2.35. The van der Waals surface area contributed by atoms with Gasteiger partial charge in [0.2, 0.25) is 5.91 Å². The third-order valence-electron chi connectivity index (χ3n) is 8.33. The molecule has 0 radical (unpaired) electrons. The van der Waals surface area contributed by atoms with Crippen LogP contribution in [0.4, 0.5) is 10.2 Å². The first-order chi connectivity index (χ1) is 21.0. The number of hydrogen-bond donors (Lipinski definition) is 0. The Kier molecular flexibility index (Phi) is 7.49. The molecule has 0 unspecified atom stereocenters. The molecule has 9 nitrogen and oxygen atoms in total. The minimum atomic E-state index is -0.740. The molecule has 2 aliphatic heterocycles. The molecule has 1 amide bonds. The van der Waals surface area contributed by atoms with Crippen LogP contribution in [0.25, 0.3) is 27.7 Å².